The Balaban J connectivity index is 1.94. The molecule has 0 saturated carbocycles. The Morgan fingerprint density at radius 1 is 1.27 bits per heavy atom. The van der Waals surface area contributed by atoms with E-state index in [1.807, 2.05) is 18.2 Å². The normalized spacial score (nSPS) is 12.3. The number of thiophene rings is 1. The average Bonchev–Trinajstić information content (AvgIpc) is 3.13. The third-order valence-electron chi connectivity index (χ3n) is 3.54. The van der Waals surface area contributed by atoms with E-state index in [0.717, 1.165) is 22.2 Å². The SMILES string of the molecule is COc1ccc(C(Cc2ccc(Cl)s2)c2cnc(N)[nH]2)cc1. The molecule has 2 heterocycles. The molecule has 3 N–H and O–H groups in total. The maximum absolute atomic E-state index is 6.04. The van der Waals surface area contributed by atoms with Gasteiger partial charge in [0.2, 0.25) is 0 Å². The van der Waals surface area contributed by atoms with Crippen molar-refractivity contribution in [2.45, 2.75) is 12.3 Å². The Labute approximate surface area is 137 Å². The molecule has 0 aliphatic carbocycles. The van der Waals surface area contributed by atoms with Crippen LogP contribution in [0.3, 0.4) is 0 Å². The number of methoxy groups -OCH3 is 1. The van der Waals surface area contributed by atoms with Gasteiger partial charge >= 0.3 is 0 Å². The number of nitrogens with zero attached hydrogens (tertiary/aromatic N) is 1. The standard InChI is InChI=1S/C16H16ClN3OS/c1-21-11-4-2-10(3-5-11)13(14-9-19-16(18)20-14)8-12-6-7-15(17)22-12/h2-7,9,13H,8H2,1H3,(H3,18,19,20). The molecule has 6 heteroatoms. The van der Waals surface area contributed by atoms with Crippen molar-refractivity contribution >= 4 is 28.9 Å². The number of nitrogen functional groups attached to an aromatic ring is 1. The van der Waals surface area contributed by atoms with E-state index >= 15 is 0 Å². The van der Waals surface area contributed by atoms with Crippen LogP contribution < -0.4 is 10.5 Å². The number of aromatic amines is 1. The van der Waals surface area contributed by atoms with Gasteiger partial charge in [-0.3, -0.25) is 0 Å². The molecule has 1 unspecified atom stereocenters. The highest BCUT2D eigenvalue weighted by Crippen LogP contribution is 2.32. The van der Waals surface area contributed by atoms with Crippen molar-refractivity contribution in [3.8, 4) is 5.75 Å². The van der Waals surface area contributed by atoms with Crippen molar-refractivity contribution < 1.29 is 4.74 Å². The smallest absolute Gasteiger partial charge is 0.197 e. The summed E-state index contributed by atoms with van der Waals surface area (Å²) in [6, 6.07) is 12.0. The molecule has 1 atom stereocenters. The molecule has 0 aliphatic heterocycles. The van der Waals surface area contributed by atoms with Crippen molar-refractivity contribution in [2.75, 3.05) is 12.8 Å². The van der Waals surface area contributed by atoms with E-state index in [0.29, 0.717) is 5.95 Å². The van der Waals surface area contributed by atoms with E-state index in [4.69, 9.17) is 22.1 Å². The Hall–Kier alpha value is -1.98. The van der Waals surface area contributed by atoms with Crippen LogP contribution >= 0.6 is 22.9 Å². The van der Waals surface area contributed by atoms with Crippen LogP contribution in [0.5, 0.6) is 5.75 Å². The maximum atomic E-state index is 6.04. The Bertz CT molecular complexity index is 751. The van der Waals surface area contributed by atoms with Crippen LogP contribution in [0.25, 0.3) is 0 Å². The third-order valence-corrected chi connectivity index (χ3v) is 4.80. The molecule has 0 amide bonds. The zero-order chi connectivity index (χ0) is 15.5. The van der Waals surface area contributed by atoms with Gasteiger partial charge in [0, 0.05) is 16.5 Å². The first-order chi connectivity index (χ1) is 10.7. The summed E-state index contributed by atoms with van der Waals surface area (Å²) in [7, 11) is 1.66. The summed E-state index contributed by atoms with van der Waals surface area (Å²) in [5.74, 6) is 1.41. The van der Waals surface area contributed by atoms with Gasteiger partial charge in [0.15, 0.2) is 5.95 Å². The summed E-state index contributed by atoms with van der Waals surface area (Å²) in [6.07, 6.45) is 2.63. The number of ether oxygens (including phenoxy) is 1. The number of halogens is 1. The largest absolute Gasteiger partial charge is 0.497 e. The second-order valence-electron chi connectivity index (χ2n) is 4.96. The summed E-state index contributed by atoms with van der Waals surface area (Å²) in [6.45, 7) is 0. The molecule has 0 fully saturated rings. The number of rotatable bonds is 5. The molecule has 22 heavy (non-hydrogen) atoms. The lowest BCUT2D eigenvalue weighted by atomic mass is 9.92. The predicted octanol–water partition coefficient (Wildman–Crippen LogP) is 4.09. The molecular weight excluding hydrogens is 318 g/mol. The zero-order valence-corrected chi connectivity index (χ0v) is 13.6. The van der Waals surface area contributed by atoms with Crippen molar-refractivity contribution in [2.24, 2.45) is 0 Å². The van der Waals surface area contributed by atoms with Crippen molar-refractivity contribution in [1.29, 1.82) is 0 Å². The van der Waals surface area contributed by atoms with E-state index in [1.54, 1.807) is 24.6 Å². The molecule has 114 valence electrons. The fourth-order valence-corrected chi connectivity index (χ4v) is 3.57. The minimum absolute atomic E-state index is 0.144. The van der Waals surface area contributed by atoms with Gasteiger partial charge in [0.25, 0.3) is 0 Å². The van der Waals surface area contributed by atoms with Gasteiger partial charge in [0.1, 0.15) is 5.75 Å². The number of nitrogens with one attached hydrogen (secondary N) is 1. The predicted molar refractivity (Wildman–Crippen MR) is 90.9 cm³/mol. The highest BCUT2D eigenvalue weighted by molar-refractivity contribution is 7.16. The molecule has 0 bridgehead atoms. The highest BCUT2D eigenvalue weighted by atomic mass is 35.5. The zero-order valence-electron chi connectivity index (χ0n) is 12.0. The average molecular weight is 334 g/mol. The summed E-state index contributed by atoms with van der Waals surface area (Å²) < 4.78 is 6.02. The van der Waals surface area contributed by atoms with Crippen molar-refractivity contribution in [1.82, 2.24) is 9.97 Å². The van der Waals surface area contributed by atoms with Crippen LogP contribution in [0.2, 0.25) is 4.34 Å². The van der Waals surface area contributed by atoms with Crippen molar-refractivity contribution in [3.63, 3.8) is 0 Å². The van der Waals surface area contributed by atoms with Gasteiger partial charge in [0.05, 0.1) is 17.6 Å². The van der Waals surface area contributed by atoms with Gasteiger partial charge in [-0.2, -0.15) is 0 Å². The van der Waals surface area contributed by atoms with E-state index < -0.39 is 0 Å². The third kappa shape index (κ3) is 3.26. The number of aromatic nitrogens is 2. The van der Waals surface area contributed by atoms with Gasteiger partial charge in [-0.25, -0.2) is 4.98 Å². The molecule has 0 spiro atoms. The van der Waals surface area contributed by atoms with Gasteiger partial charge in [-0.1, -0.05) is 23.7 Å². The Morgan fingerprint density at radius 2 is 2.05 bits per heavy atom. The summed E-state index contributed by atoms with van der Waals surface area (Å²) >= 11 is 7.64. The molecule has 0 aliphatic rings. The van der Waals surface area contributed by atoms with E-state index in [9.17, 15) is 0 Å². The van der Waals surface area contributed by atoms with Gasteiger partial charge in [-0.05, 0) is 36.2 Å². The molecule has 0 radical (unpaired) electrons. The lowest BCUT2D eigenvalue weighted by molar-refractivity contribution is 0.414. The van der Waals surface area contributed by atoms with Crippen LogP contribution in [-0.2, 0) is 6.42 Å². The molecule has 3 rings (SSSR count). The van der Waals surface area contributed by atoms with Crippen LogP contribution in [-0.4, -0.2) is 17.1 Å². The first-order valence-corrected chi connectivity index (χ1v) is 8.03. The highest BCUT2D eigenvalue weighted by Gasteiger charge is 2.18. The van der Waals surface area contributed by atoms with Crippen LogP contribution in [0.4, 0.5) is 5.95 Å². The van der Waals surface area contributed by atoms with Crippen molar-refractivity contribution in [3.05, 3.63) is 63.1 Å². The Morgan fingerprint density at radius 3 is 2.59 bits per heavy atom. The molecular formula is C16H16ClN3OS. The van der Waals surface area contributed by atoms with Crippen LogP contribution in [0.15, 0.2) is 42.6 Å². The lowest BCUT2D eigenvalue weighted by Crippen LogP contribution is -2.05. The number of H-pyrrole nitrogens is 1. The first kappa shape index (κ1) is 14.9. The Kier molecular flexibility index (Phi) is 4.36. The molecule has 3 aromatic rings. The minimum Gasteiger partial charge on any atom is -0.497 e. The summed E-state index contributed by atoms with van der Waals surface area (Å²) in [4.78, 5) is 8.48. The summed E-state index contributed by atoms with van der Waals surface area (Å²) in [5, 5.41) is 0. The van der Waals surface area contributed by atoms with Crippen LogP contribution in [0, 0.1) is 0 Å². The number of imidazole rings is 1. The second-order valence-corrected chi connectivity index (χ2v) is 6.76. The molecule has 0 saturated heterocycles. The van der Waals surface area contributed by atoms with Crippen LogP contribution in [0.1, 0.15) is 22.1 Å². The molecule has 4 nitrogen and oxygen atoms in total. The van der Waals surface area contributed by atoms with E-state index in [1.165, 1.54) is 10.4 Å². The number of benzene rings is 1. The fourth-order valence-electron chi connectivity index (χ4n) is 2.43. The lowest BCUT2D eigenvalue weighted by Gasteiger charge is -2.15. The monoisotopic (exact) mass is 333 g/mol. The molecule has 1 aromatic carbocycles. The fraction of sp³-hybridized carbons (Fsp3) is 0.188. The first-order valence-electron chi connectivity index (χ1n) is 6.84. The summed E-state index contributed by atoms with van der Waals surface area (Å²) in [5.41, 5.74) is 7.90. The number of anilines is 1. The topological polar surface area (TPSA) is 63.9 Å². The molecule has 2 aromatic heterocycles. The minimum atomic E-state index is 0.144. The second kappa shape index (κ2) is 6.42. The maximum Gasteiger partial charge on any atom is 0.197 e. The number of hydrogen-bond donors (Lipinski definition) is 2. The van der Waals surface area contributed by atoms with Gasteiger partial charge < -0.3 is 15.5 Å². The van der Waals surface area contributed by atoms with Gasteiger partial charge in [-0.15, -0.1) is 11.3 Å². The number of nitrogens with two attached hydrogens (primary N) is 1. The van der Waals surface area contributed by atoms with E-state index in [-0.39, 0.29) is 5.92 Å². The van der Waals surface area contributed by atoms with E-state index in [2.05, 4.69) is 28.2 Å². The quantitative estimate of drug-likeness (QED) is 0.739. The number of hydrogen-bond acceptors (Lipinski definition) is 4.